The van der Waals surface area contributed by atoms with Crippen molar-refractivity contribution < 1.29 is 13.2 Å². The smallest absolute Gasteiger partial charge is 0.226 e. The van der Waals surface area contributed by atoms with Crippen molar-refractivity contribution in [2.24, 2.45) is 5.92 Å². The highest BCUT2D eigenvalue weighted by molar-refractivity contribution is 7.88. The van der Waals surface area contributed by atoms with E-state index in [-0.39, 0.29) is 11.8 Å². The Hall–Kier alpha value is -1.11. The first-order chi connectivity index (χ1) is 10.8. The highest BCUT2D eigenvalue weighted by Gasteiger charge is 2.31. The van der Waals surface area contributed by atoms with E-state index in [1.165, 1.54) is 10.6 Å². The fraction of sp³-hybridized carbons (Fsp3) is 0.562. The van der Waals surface area contributed by atoms with E-state index in [4.69, 9.17) is 11.6 Å². The molecular formula is C16H23ClN2O3S. The van der Waals surface area contributed by atoms with Crippen LogP contribution >= 0.6 is 11.6 Å². The van der Waals surface area contributed by atoms with E-state index in [9.17, 15) is 13.2 Å². The summed E-state index contributed by atoms with van der Waals surface area (Å²) in [5.74, 6) is -0.00670. The number of hydrogen-bond donors (Lipinski definition) is 0. The number of nitrogens with zero attached hydrogens (tertiary/aromatic N) is 2. The molecule has 1 heterocycles. The van der Waals surface area contributed by atoms with Gasteiger partial charge in [0, 0.05) is 37.1 Å². The summed E-state index contributed by atoms with van der Waals surface area (Å²) < 4.78 is 24.5. The molecule has 1 aliphatic rings. The standard InChI is InChI=1S/C16H23ClN2O3S/c1-3-18(12-13-5-4-6-15(17)11-13)16(20)14-7-9-19(10-8-14)23(2,21)22/h4-6,11,14H,3,7-10,12H2,1-2H3. The molecule has 1 aliphatic heterocycles. The SMILES string of the molecule is CCN(Cc1cccc(Cl)c1)C(=O)C1CCN(S(C)(=O)=O)CC1. The number of amides is 1. The molecule has 128 valence electrons. The molecule has 1 aromatic carbocycles. The molecule has 5 nitrogen and oxygen atoms in total. The molecule has 0 spiro atoms. The molecule has 0 N–H and O–H groups in total. The highest BCUT2D eigenvalue weighted by Crippen LogP contribution is 2.22. The van der Waals surface area contributed by atoms with Crippen LogP contribution in [0.2, 0.25) is 5.02 Å². The van der Waals surface area contributed by atoms with E-state index in [0.29, 0.717) is 44.0 Å². The van der Waals surface area contributed by atoms with Crippen molar-refractivity contribution in [1.29, 1.82) is 0 Å². The van der Waals surface area contributed by atoms with Crippen LogP contribution in [0.15, 0.2) is 24.3 Å². The lowest BCUT2D eigenvalue weighted by Crippen LogP contribution is -2.43. The summed E-state index contributed by atoms with van der Waals surface area (Å²) in [5.41, 5.74) is 1.00. The maximum absolute atomic E-state index is 12.7. The number of carbonyl (C=O) groups excluding carboxylic acids is 1. The van der Waals surface area contributed by atoms with Crippen LogP contribution < -0.4 is 0 Å². The van der Waals surface area contributed by atoms with E-state index < -0.39 is 10.0 Å². The third kappa shape index (κ3) is 4.93. The van der Waals surface area contributed by atoms with E-state index in [1.807, 2.05) is 36.1 Å². The van der Waals surface area contributed by atoms with Gasteiger partial charge in [0.1, 0.15) is 0 Å². The van der Waals surface area contributed by atoms with Crippen LogP contribution in [0, 0.1) is 5.92 Å². The second kappa shape index (κ2) is 7.64. The normalized spacial score (nSPS) is 17.2. The summed E-state index contributed by atoms with van der Waals surface area (Å²) in [5, 5.41) is 0.660. The van der Waals surface area contributed by atoms with Gasteiger partial charge in [0.25, 0.3) is 0 Å². The Morgan fingerprint density at radius 3 is 2.52 bits per heavy atom. The van der Waals surface area contributed by atoms with E-state index in [0.717, 1.165) is 5.56 Å². The summed E-state index contributed by atoms with van der Waals surface area (Å²) >= 11 is 5.99. The second-order valence-corrected chi connectivity index (χ2v) is 8.34. The van der Waals surface area contributed by atoms with E-state index in [2.05, 4.69) is 0 Å². The lowest BCUT2D eigenvalue weighted by Gasteiger charge is -2.32. The van der Waals surface area contributed by atoms with Crippen LogP contribution in [-0.2, 0) is 21.4 Å². The minimum atomic E-state index is -3.16. The number of sulfonamides is 1. The van der Waals surface area contributed by atoms with E-state index >= 15 is 0 Å². The average Bonchev–Trinajstić information content (AvgIpc) is 2.51. The first-order valence-corrected chi connectivity index (χ1v) is 10.0. The molecule has 0 saturated carbocycles. The third-order valence-corrected chi connectivity index (χ3v) is 5.77. The van der Waals surface area contributed by atoms with Crippen LogP contribution in [0.1, 0.15) is 25.3 Å². The number of hydrogen-bond acceptors (Lipinski definition) is 3. The molecule has 0 unspecified atom stereocenters. The Balaban J connectivity index is 1.98. The zero-order chi connectivity index (χ0) is 17.0. The van der Waals surface area contributed by atoms with Crippen LogP contribution in [0.25, 0.3) is 0 Å². The van der Waals surface area contributed by atoms with Crippen molar-refractivity contribution in [2.45, 2.75) is 26.3 Å². The quantitative estimate of drug-likeness (QED) is 0.811. The predicted octanol–water partition coefficient (Wildman–Crippen LogP) is 2.36. The molecular weight excluding hydrogens is 336 g/mol. The zero-order valence-corrected chi connectivity index (χ0v) is 15.1. The summed E-state index contributed by atoms with van der Waals surface area (Å²) in [6.45, 7) is 3.95. The van der Waals surface area contributed by atoms with Gasteiger partial charge < -0.3 is 4.90 Å². The Labute approximate surface area is 143 Å². The summed E-state index contributed by atoms with van der Waals surface area (Å²) in [6, 6.07) is 7.50. The monoisotopic (exact) mass is 358 g/mol. The maximum atomic E-state index is 12.7. The maximum Gasteiger partial charge on any atom is 0.226 e. The summed E-state index contributed by atoms with van der Waals surface area (Å²) in [4.78, 5) is 14.5. The fourth-order valence-electron chi connectivity index (χ4n) is 2.89. The Morgan fingerprint density at radius 1 is 1.35 bits per heavy atom. The highest BCUT2D eigenvalue weighted by atomic mass is 35.5. The van der Waals surface area contributed by atoms with Gasteiger partial charge in [0.05, 0.1) is 6.26 Å². The molecule has 0 bridgehead atoms. The van der Waals surface area contributed by atoms with Gasteiger partial charge in [-0.1, -0.05) is 23.7 Å². The molecule has 2 rings (SSSR count). The van der Waals surface area contributed by atoms with Gasteiger partial charge in [0.15, 0.2) is 0 Å². The first kappa shape index (κ1) is 18.2. The predicted molar refractivity (Wildman–Crippen MR) is 91.7 cm³/mol. The molecule has 1 amide bonds. The van der Waals surface area contributed by atoms with Crippen molar-refractivity contribution >= 4 is 27.5 Å². The van der Waals surface area contributed by atoms with E-state index in [1.54, 1.807) is 0 Å². The van der Waals surface area contributed by atoms with Gasteiger partial charge in [-0.25, -0.2) is 12.7 Å². The number of benzene rings is 1. The summed E-state index contributed by atoms with van der Waals surface area (Å²) in [6.07, 6.45) is 2.38. The van der Waals surface area contributed by atoms with Crippen LogP contribution in [-0.4, -0.2) is 49.4 Å². The minimum absolute atomic E-state index is 0.0978. The molecule has 1 fully saturated rings. The number of piperidine rings is 1. The Morgan fingerprint density at radius 2 is 2.00 bits per heavy atom. The van der Waals surface area contributed by atoms with Crippen molar-refractivity contribution in [3.63, 3.8) is 0 Å². The second-order valence-electron chi connectivity index (χ2n) is 5.92. The lowest BCUT2D eigenvalue weighted by molar-refractivity contribution is -0.137. The van der Waals surface area contributed by atoms with Gasteiger partial charge in [-0.3, -0.25) is 4.79 Å². The Kier molecular flexibility index (Phi) is 6.06. The molecule has 7 heteroatoms. The van der Waals surface area contributed by atoms with Crippen LogP contribution in [0.4, 0.5) is 0 Å². The molecule has 1 saturated heterocycles. The summed E-state index contributed by atoms with van der Waals surface area (Å²) in [7, 11) is -3.16. The van der Waals surface area contributed by atoms with Gasteiger partial charge in [-0.05, 0) is 37.5 Å². The molecule has 1 aromatic rings. The number of carbonyl (C=O) groups is 1. The lowest BCUT2D eigenvalue weighted by atomic mass is 9.96. The van der Waals surface area contributed by atoms with Gasteiger partial charge in [-0.2, -0.15) is 0 Å². The molecule has 0 radical (unpaired) electrons. The number of rotatable bonds is 5. The largest absolute Gasteiger partial charge is 0.338 e. The van der Waals surface area contributed by atoms with Gasteiger partial charge in [-0.15, -0.1) is 0 Å². The molecule has 0 aliphatic carbocycles. The fourth-order valence-corrected chi connectivity index (χ4v) is 3.98. The zero-order valence-electron chi connectivity index (χ0n) is 13.5. The minimum Gasteiger partial charge on any atom is -0.338 e. The molecule has 0 aromatic heterocycles. The van der Waals surface area contributed by atoms with Crippen molar-refractivity contribution in [3.05, 3.63) is 34.9 Å². The van der Waals surface area contributed by atoms with Crippen molar-refractivity contribution in [1.82, 2.24) is 9.21 Å². The average molecular weight is 359 g/mol. The topological polar surface area (TPSA) is 57.7 Å². The molecule has 23 heavy (non-hydrogen) atoms. The first-order valence-electron chi connectivity index (χ1n) is 7.79. The van der Waals surface area contributed by atoms with Crippen molar-refractivity contribution in [3.8, 4) is 0 Å². The van der Waals surface area contributed by atoms with Crippen LogP contribution in [0.3, 0.4) is 0 Å². The van der Waals surface area contributed by atoms with Gasteiger partial charge >= 0.3 is 0 Å². The molecule has 0 atom stereocenters. The van der Waals surface area contributed by atoms with Gasteiger partial charge in [0.2, 0.25) is 15.9 Å². The van der Waals surface area contributed by atoms with Crippen molar-refractivity contribution in [2.75, 3.05) is 25.9 Å². The Bertz CT molecular complexity index is 655. The number of halogens is 1. The third-order valence-electron chi connectivity index (χ3n) is 4.23. The van der Waals surface area contributed by atoms with Crippen LogP contribution in [0.5, 0.6) is 0 Å².